The lowest BCUT2D eigenvalue weighted by atomic mass is 10.2. The number of carbonyl (C=O) groups is 1. The zero-order valence-corrected chi connectivity index (χ0v) is 20.6. The van der Waals surface area contributed by atoms with E-state index in [4.69, 9.17) is 33.2 Å². The Labute approximate surface area is 195 Å². The number of unbranched alkanes of at least 4 members (excludes halogenated alkanes) is 5. The standard InChI is InChI=1S/C24H48O8/c1-3-5-7-9-11-26-12-13-27-14-15-28-16-17-29-18-19-30-20-21-31-22-23-32-24(25)10-8-6-4-2/h3-23H2,1-2H3. The maximum atomic E-state index is 11.4. The van der Waals surface area contributed by atoms with Gasteiger partial charge in [0.05, 0.1) is 72.7 Å². The molecular formula is C24H48O8. The molecule has 0 aliphatic heterocycles. The minimum Gasteiger partial charge on any atom is -0.463 e. The van der Waals surface area contributed by atoms with E-state index in [1.54, 1.807) is 0 Å². The molecule has 0 fully saturated rings. The van der Waals surface area contributed by atoms with Crippen LogP contribution >= 0.6 is 0 Å². The Kier molecular flexibility index (Phi) is 27.6. The van der Waals surface area contributed by atoms with Crippen LogP contribution in [0.25, 0.3) is 0 Å². The van der Waals surface area contributed by atoms with Crippen LogP contribution < -0.4 is 0 Å². The molecule has 0 radical (unpaired) electrons. The van der Waals surface area contributed by atoms with Crippen LogP contribution in [0, 0.1) is 0 Å². The predicted octanol–water partition coefficient (Wildman–Crippen LogP) is 3.79. The van der Waals surface area contributed by atoms with E-state index >= 15 is 0 Å². The van der Waals surface area contributed by atoms with E-state index in [1.165, 1.54) is 19.3 Å². The molecule has 0 unspecified atom stereocenters. The molecule has 0 aliphatic carbocycles. The third-order valence-electron chi connectivity index (χ3n) is 4.48. The van der Waals surface area contributed by atoms with Crippen molar-refractivity contribution >= 4 is 5.97 Å². The molecule has 0 aliphatic rings. The van der Waals surface area contributed by atoms with Gasteiger partial charge in [-0.3, -0.25) is 4.79 Å². The predicted molar refractivity (Wildman–Crippen MR) is 124 cm³/mol. The zero-order chi connectivity index (χ0) is 23.4. The highest BCUT2D eigenvalue weighted by molar-refractivity contribution is 5.69. The molecule has 0 spiro atoms. The topological polar surface area (TPSA) is 81.7 Å². The van der Waals surface area contributed by atoms with E-state index in [9.17, 15) is 4.79 Å². The summed E-state index contributed by atoms with van der Waals surface area (Å²) in [5.74, 6) is -0.148. The molecule has 0 saturated carbocycles. The molecule has 0 amide bonds. The van der Waals surface area contributed by atoms with Crippen molar-refractivity contribution in [1.82, 2.24) is 0 Å². The summed E-state index contributed by atoms with van der Waals surface area (Å²) in [4.78, 5) is 11.4. The lowest BCUT2D eigenvalue weighted by Crippen LogP contribution is -2.15. The van der Waals surface area contributed by atoms with Crippen molar-refractivity contribution in [2.75, 3.05) is 85.9 Å². The second-order valence-electron chi connectivity index (χ2n) is 7.41. The molecule has 0 aromatic rings. The third-order valence-corrected chi connectivity index (χ3v) is 4.48. The van der Waals surface area contributed by atoms with Crippen LogP contribution in [0.15, 0.2) is 0 Å². The highest BCUT2D eigenvalue weighted by Gasteiger charge is 2.01. The van der Waals surface area contributed by atoms with Crippen molar-refractivity contribution in [2.45, 2.75) is 65.2 Å². The highest BCUT2D eigenvalue weighted by atomic mass is 16.6. The number of hydrogen-bond acceptors (Lipinski definition) is 8. The van der Waals surface area contributed by atoms with Gasteiger partial charge >= 0.3 is 5.97 Å². The second kappa shape index (κ2) is 28.3. The summed E-state index contributed by atoms with van der Waals surface area (Å²) in [5, 5.41) is 0. The molecule has 0 atom stereocenters. The van der Waals surface area contributed by atoms with Crippen LogP contribution in [0.3, 0.4) is 0 Å². The van der Waals surface area contributed by atoms with Crippen LogP contribution in [-0.2, 0) is 38.0 Å². The van der Waals surface area contributed by atoms with Crippen molar-refractivity contribution in [3.05, 3.63) is 0 Å². The molecular weight excluding hydrogens is 416 g/mol. The van der Waals surface area contributed by atoms with Gasteiger partial charge in [-0.25, -0.2) is 0 Å². The summed E-state index contributed by atoms with van der Waals surface area (Å²) in [5.41, 5.74) is 0. The average molecular weight is 465 g/mol. The van der Waals surface area contributed by atoms with Gasteiger partial charge in [0.15, 0.2) is 0 Å². The van der Waals surface area contributed by atoms with Crippen molar-refractivity contribution in [3.8, 4) is 0 Å². The number of ether oxygens (including phenoxy) is 7. The van der Waals surface area contributed by atoms with Gasteiger partial charge in [-0.2, -0.15) is 0 Å². The summed E-state index contributed by atoms with van der Waals surface area (Å²) >= 11 is 0. The average Bonchev–Trinajstić information content (AvgIpc) is 2.79. The summed E-state index contributed by atoms with van der Waals surface area (Å²) < 4.78 is 37.7. The fourth-order valence-electron chi connectivity index (χ4n) is 2.64. The third kappa shape index (κ3) is 27.3. The fraction of sp³-hybridized carbons (Fsp3) is 0.958. The second-order valence-corrected chi connectivity index (χ2v) is 7.41. The summed E-state index contributed by atoms with van der Waals surface area (Å²) in [6, 6.07) is 0. The van der Waals surface area contributed by atoms with E-state index in [1.807, 2.05) is 0 Å². The van der Waals surface area contributed by atoms with Gasteiger partial charge in [-0.05, 0) is 12.8 Å². The van der Waals surface area contributed by atoms with Crippen LogP contribution in [0.4, 0.5) is 0 Å². The van der Waals surface area contributed by atoms with E-state index in [2.05, 4.69) is 13.8 Å². The van der Waals surface area contributed by atoms with Gasteiger partial charge in [0.2, 0.25) is 0 Å². The highest BCUT2D eigenvalue weighted by Crippen LogP contribution is 2.00. The Morgan fingerprint density at radius 2 is 0.812 bits per heavy atom. The van der Waals surface area contributed by atoms with Crippen molar-refractivity contribution in [1.29, 1.82) is 0 Å². The molecule has 0 bridgehead atoms. The maximum absolute atomic E-state index is 11.4. The SMILES string of the molecule is CCCCCCOCCOCCOCCOCCOCCOCCOC(=O)CCCCC. The van der Waals surface area contributed by atoms with Gasteiger partial charge in [-0.15, -0.1) is 0 Å². The minimum absolute atomic E-state index is 0.148. The first-order valence-electron chi connectivity index (χ1n) is 12.4. The zero-order valence-electron chi connectivity index (χ0n) is 20.6. The van der Waals surface area contributed by atoms with Gasteiger partial charge in [-0.1, -0.05) is 46.0 Å². The summed E-state index contributed by atoms with van der Waals surface area (Å²) in [6.07, 6.45) is 8.44. The number of esters is 1. The van der Waals surface area contributed by atoms with Gasteiger partial charge < -0.3 is 33.2 Å². The van der Waals surface area contributed by atoms with Gasteiger partial charge in [0.25, 0.3) is 0 Å². The molecule has 8 nitrogen and oxygen atoms in total. The molecule has 0 saturated heterocycles. The van der Waals surface area contributed by atoms with E-state index in [-0.39, 0.29) is 5.97 Å². The van der Waals surface area contributed by atoms with Gasteiger partial charge in [0.1, 0.15) is 6.61 Å². The largest absolute Gasteiger partial charge is 0.463 e. The quantitative estimate of drug-likeness (QED) is 0.134. The monoisotopic (exact) mass is 464 g/mol. The number of hydrogen-bond donors (Lipinski definition) is 0. The number of carbonyl (C=O) groups excluding carboxylic acids is 1. The Bertz CT molecular complexity index is 368. The molecule has 8 heteroatoms. The van der Waals surface area contributed by atoms with Crippen LogP contribution in [0.1, 0.15) is 65.2 Å². The smallest absolute Gasteiger partial charge is 0.305 e. The molecule has 0 rings (SSSR count). The van der Waals surface area contributed by atoms with Crippen LogP contribution in [0.5, 0.6) is 0 Å². The molecule has 0 aromatic carbocycles. The molecule has 0 N–H and O–H groups in total. The van der Waals surface area contributed by atoms with Gasteiger partial charge in [0, 0.05) is 13.0 Å². The van der Waals surface area contributed by atoms with Crippen molar-refractivity contribution < 1.29 is 38.0 Å². The lowest BCUT2D eigenvalue weighted by Gasteiger charge is -2.08. The maximum Gasteiger partial charge on any atom is 0.305 e. The number of rotatable bonds is 27. The Balaban J connectivity index is 3.06. The fourth-order valence-corrected chi connectivity index (χ4v) is 2.64. The first kappa shape index (κ1) is 31.2. The first-order valence-corrected chi connectivity index (χ1v) is 12.4. The minimum atomic E-state index is -0.148. The lowest BCUT2D eigenvalue weighted by molar-refractivity contribution is -0.145. The van der Waals surface area contributed by atoms with E-state index in [0.717, 1.165) is 32.3 Å². The molecule has 192 valence electrons. The van der Waals surface area contributed by atoms with Crippen molar-refractivity contribution in [2.24, 2.45) is 0 Å². The summed E-state index contributed by atoms with van der Waals surface area (Å²) in [6.45, 7) is 11.3. The van der Waals surface area contributed by atoms with E-state index in [0.29, 0.717) is 85.7 Å². The summed E-state index contributed by atoms with van der Waals surface area (Å²) in [7, 11) is 0. The molecule has 0 heterocycles. The van der Waals surface area contributed by atoms with Crippen LogP contribution in [0.2, 0.25) is 0 Å². The van der Waals surface area contributed by atoms with Crippen LogP contribution in [-0.4, -0.2) is 91.9 Å². The first-order chi connectivity index (χ1) is 15.8. The Morgan fingerprint density at radius 3 is 1.25 bits per heavy atom. The van der Waals surface area contributed by atoms with E-state index < -0.39 is 0 Å². The van der Waals surface area contributed by atoms with Crippen molar-refractivity contribution in [3.63, 3.8) is 0 Å². The normalized spacial score (nSPS) is 11.2. The Hall–Kier alpha value is -0.770. The molecule has 32 heavy (non-hydrogen) atoms. The molecule has 0 aromatic heterocycles. The Morgan fingerprint density at radius 1 is 0.438 bits per heavy atom.